The number of Topliss-reactive ketones (excluding diaryl/α,β-unsaturated/α-hetero) is 2. The van der Waals surface area contributed by atoms with Gasteiger partial charge in [0.1, 0.15) is 17.5 Å². The second-order valence-corrected chi connectivity index (χ2v) is 11.9. The first-order valence-electron chi connectivity index (χ1n) is 15.5. The number of rotatable bonds is 20. The maximum absolute atomic E-state index is 15.4. The Hall–Kier alpha value is -6.22. The number of amides is 1. The molecule has 280 valence electrons. The van der Waals surface area contributed by atoms with Crippen LogP contribution >= 0.6 is 0 Å². The summed E-state index contributed by atoms with van der Waals surface area (Å²) in [5.74, 6) is -12.9. The molecule has 1 aromatic carbocycles. The van der Waals surface area contributed by atoms with E-state index in [1.807, 2.05) is 0 Å². The lowest BCUT2D eigenvalue weighted by molar-refractivity contribution is -0.162. The second-order valence-electron chi connectivity index (χ2n) is 11.9. The van der Waals surface area contributed by atoms with E-state index in [1.54, 1.807) is 18.1 Å². The van der Waals surface area contributed by atoms with Gasteiger partial charge in [0, 0.05) is 44.7 Å². The summed E-state index contributed by atoms with van der Waals surface area (Å²) in [6.45, 7) is 0.242. The van der Waals surface area contributed by atoms with Crippen molar-refractivity contribution in [2.24, 2.45) is 16.9 Å². The molecule has 0 radical (unpaired) electrons. The molecular formula is C31H37FN8O12. The first-order chi connectivity index (χ1) is 24.3. The molecule has 0 saturated carbocycles. The van der Waals surface area contributed by atoms with E-state index < -0.39 is 114 Å². The Morgan fingerprint density at radius 1 is 0.981 bits per heavy atom. The number of likely N-dealkylation sites (N-methyl/N-ethyl adjacent to an activating group) is 1. The van der Waals surface area contributed by atoms with Gasteiger partial charge in [-0.15, -0.1) is 0 Å². The number of halogens is 1. The van der Waals surface area contributed by atoms with Gasteiger partial charge in [0.05, 0.1) is 23.0 Å². The molecule has 3 aromatic rings. The minimum absolute atomic E-state index is 0.0746. The minimum atomic E-state index is -3.39. The van der Waals surface area contributed by atoms with E-state index in [4.69, 9.17) is 22.3 Å². The third kappa shape index (κ3) is 9.11. The van der Waals surface area contributed by atoms with Gasteiger partial charge < -0.3 is 52.8 Å². The molecule has 0 aliphatic rings. The fraction of sp³-hybridized carbons (Fsp3) is 0.387. The average Bonchev–Trinajstić information content (AvgIpc) is 3.48. The van der Waals surface area contributed by atoms with Crippen molar-refractivity contribution in [3.63, 3.8) is 0 Å². The van der Waals surface area contributed by atoms with Crippen LogP contribution in [0.2, 0.25) is 0 Å². The molecule has 0 aliphatic heterocycles. The van der Waals surface area contributed by atoms with Gasteiger partial charge in [-0.25, -0.2) is 4.39 Å². The van der Waals surface area contributed by atoms with Crippen LogP contribution in [0.1, 0.15) is 48.0 Å². The van der Waals surface area contributed by atoms with Crippen molar-refractivity contribution in [2.45, 2.75) is 56.7 Å². The highest BCUT2D eigenvalue weighted by Gasteiger charge is 2.57. The first kappa shape index (κ1) is 40.2. The molecule has 1 unspecified atom stereocenters. The van der Waals surface area contributed by atoms with Crippen molar-refractivity contribution in [1.82, 2.24) is 20.3 Å². The number of aromatic nitrogens is 3. The molecule has 2 aromatic heterocycles. The Bertz CT molecular complexity index is 1960. The summed E-state index contributed by atoms with van der Waals surface area (Å²) in [6.07, 6.45) is -2.68. The zero-order valence-corrected chi connectivity index (χ0v) is 27.6. The number of hydrogen-bond donors (Lipinski definition) is 10. The number of aromatic amines is 2. The summed E-state index contributed by atoms with van der Waals surface area (Å²) in [7, 11) is 1.59. The molecule has 0 bridgehead atoms. The lowest BCUT2D eigenvalue weighted by Crippen LogP contribution is -2.61. The molecular weight excluding hydrogens is 695 g/mol. The number of fused-ring (bicyclic) bond motifs is 1. The number of hydrogen-bond acceptors (Lipinski definition) is 13. The van der Waals surface area contributed by atoms with Crippen LogP contribution < -0.4 is 33.0 Å². The number of nitrogens with zero attached hydrogens (tertiary/aromatic N) is 2. The second kappa shape index (κ2) is 16.7. The number of carbonyl (C=O) groups is 7. The van der Waals surface area contributed by atoms with E-state index in [1.165, 1.54) is 6.07 Å². The van der Waals surface area contributed by atoms with Crippen molar-refractivity contribution < 1.29 is 58.4 Å². The van der Waals surface area contributed by atoms with Crippen LogP contribution in [0.3, 0.4) is 0 Å². The van der Waals surface area contributed by atoms with Gasteiger partial charge in [0.25, 0.3) is 11.5 Å². The van der Waals surface area contributed by atoms with E-state index in [0.717, 1.165) is 12.1 Å². The summed E-state index contributed by atoms with van der Waals surface area (Å²) in [6, 6.07) is -2.93. The number of nitrogens with two attached hydrogens (primary N) is 3. The first-order valence-corrected chi connectivity index (χ1v) is 15.5. The standard InChI is InChI=1S/C31H37FN8O12/c1-40(9-8-13-12-36-25-22(13)27(48)39-30(35)38-25)14-2-3-15(16(32)10-14)26(47)37-19(5-7-21(43)44)24(46)31(29(51)52,11-18(34)28(49)50)23(45)17(33)4-6-20(41)42/h2-3,10,12,17-19H,4-9,11,33-34H2,1H3,(H,37,47)(H,41,42)(H,43,44)(H,49,50)(H,51,52)(H4,35,36,38,39,48)/t17-,18-,19-,31?/m0/s1. The minimum Gasteiger partial charge on any atom is -0.481 e. The Morgan fingerprint density at radius 3 is 2.19 bits per heavy atom. The van der Waals surface area contributed by atoms with Crippen LogP contribution in [-0.4, -0.2) is 108 Å². The third-order valence-corrected chi connectivity index (χ3v) is 8.32. The number of benzene rings is 1. The van der Waals surface area contributed by atoms with Gasteiger partial charge in [0.15, 0.2) is 17.0 Å². The van der Waals surface area contributed by atoms with E-state index in [9.17, 15) is 53.7 Å². The quantitative estimate of drug-likeness (QED) is 0.0611. The largest absolute Gasteiger partial charge is 0.481 e. The van der Waals surface area contributed by atoms with Gasteiger partial charge in [-0.1, -0.05) is 0 Å². The molecule has 21 heteroatoms. The van der Waals surface area contributed by atoms with Crippen molar-refractivity contribution in [1.29, 1.82) is 0 Å². The summed E-state index contributed by atoms with van der Waals surface area (Å²) >= 11 is 0. The van der Waals surface area contributed by atoms with E-state index in [2.05, 4.69) is 20.3 Å². The average molecular weight is 733 g/mol. The SMILES string of the molecule is CN(CCc1c[nH]c2nc(N)[nH]c(=O)c12)c1ccc(C(=O)N[C@@H](CCC(=O)O)C(=O)C(C[C@H](N)C(=O)O)(C(=O)O)C(=O)[C@@H](N)CCC(=O)O)c(F)c1. The summed E-state index contributed by atoms with van der Waals surface area (Å²) < 4.78 is 15.4. The fourth-order valence-electron chi connectivity index (χ4n) is 5.50. The molecule has 20 nitrogen and oxygen atoms in total. The molecule has 0 aliphatic carbocycles. The Balaban J connectivity index is 1.91. The maximum atomic E-state index is 15.4. The van der Waals surface area contributed by atoms with E-state index >= 15 is 4.39 Å². The number of carbonyl (C=O) groups excluding carboxylic acids is 3. The van der Waals surface area contributed by atoms with Crippen LogP contribution in [0, 0.1) is 11.2 Å². The Kier molecular flexibility index (Phi) is 12.9. The topological polar surface area (TPSA) is 355 Å². The van der Waals surface area contributed by atoms with Crippen molar-refractivity contribution in [3.8, 4) is 0 Å². The van der Waals surface area contributed by atoms with Crippen molar-refractivity contribution in [2.75, 3.05) is 24.2 Å². The molecule has 2 heterocycles. The number of ketones is 2. The molecule has 0 saturated heterocycles. The number of anilines is 2. The van der Waals surface area contributed by atoms with Crippen LogP contribution in [0.5, 0.6) is 0 Å². The number of carboxylic acids is 4. The molecule has 1 amide bonds. The highest BCUT2D eigenvalue weighted by atomic mass is 19.1. The van der Waals surface area contributed by atoms with E-state index in [-0.39, 0.29) is 35.6 Å². The molecule has 0 spiro atoms. The maximum Gasteiger partial charge on any atom is 0.325 e. The zero-order chi connectivity index (χ0) is 39.1. The molecule has 13 N–H and O–H groups in total. The van der Waals surface area contributed by atoms with Crippen LogP contribution in [-0.2, 0) is 35.2 Å². The molecule has 52 heavy (non-hydrogen) atoms. The monoisotopic (exact) mass is 732 g/mol. The van der Waals surface area contributed by atoms with E-state index in [0.29, 0.717) is 5.56 Å². The van der Waals surface area contributed by atoms with Gasteiger partial charge in [-0.2, -0.15) is 4.98 Å². The van der Waals surface area contributed by atoms with Crippen molar-refractivity contribution in [3.05, 3.63) is 51.7 Å². The lowest BCUT2D eigenvalue weighted by Gasteiger charge is -2.33. The van der Waals surface area contributed by atoms with Crippen molar-refractivity contribution >= 4 is 64.0 Å². The van der Waals surface area contributed by atoms with Crippen LogP contribution in [0.25, 0.3) is 11.0 Å². The number of nitrogens with one attached hydrogen (secondary N) is 3. The van der Waals surface area contributed by atoms with Crippen LogP contribution in [0.15, 0.2) is 29.2 Å². The normalized spacial score (nSPS) is 14.1. The summed E-state index contributed by atoms with van der Waals surface area (Å²) in [5.41, 5.74) is 13.5. The van der Waals surface area contributed by atoms with Gasteiger partial charge in [-0.3, -0.25) is 43.3 Å². The van der Waals surface area contributed by atoms with Gasteiger partial charge in [0.2, 0.25) is 5.95 Å². The lowest BCUT2D eigenvalue weighted by atomic mass is 9.69. The van der Waals surface area contributed by atoms with Gasteiger partial charge in [-0.05, 0) is 43.0 Å². The predicted octanol–water partition coefficient (Wildman–Crippen LogP) is -1.18. The summed E-state index contributed by atoms with van der Waals surface area (Å²) in [4.78, 5) is 111. The number of carboxylic acid groups (broad SMARTS) is 4. The Morgan fingerprint density at radius 2 is 1.62 bits per heavy atom. The molecule has 0 fully saturated rings. The molecule has 4 atom stereocenters. The Labute approximate surface area is 292 Å². The highest BCUT2D eigenvalue weighted by molar-refractivity contribution is 6.25. The smallest absolute Gasteiger partial charge is 0.325 e. The number of nitrogen functional groups attached to an aromatic ring is 1. The summed E-state index contributed by atoms with van der Waals surface area (Å²) in [5, 5.41) is 40.2. The fourth-order valence-corrected chi connectivity index (χ4v) is 5.50. The number of H-pyrrole nitrogens is 2. The van der Waals surface area contributed by atoms with Crippen LogP contribution in [0.4, 0.5) is 16.0 Å². The highest BCUT2D eigenvalue weighted by Crippen LogP contribution is 2.32. The number of aliphatic carboxylic acids is 4. The predicted molar refractivity (Wildman–Crippen MR) is 178 cm³/mol. The molecule has 3 rings (SSSR count). The zero-order valence-electron chi connectivity index (χ0n) is 27.6. The third-order valence-electron chi connectivity index (χ3n) is 8.32. The van der Waals surface area contributed by atoms with Gasteiger partial charge >= 0.3 is 23.9 Å².